The number of aromatic nitrogens is 2. The molecule has 0 saturated heterocycles. The minimum absolute atomic E-state index is 0.171. The van der Waals surface area contributed by atoms with E-state index in [1.807, 2.05) is 14.0 Å². The number of halogens is 1. The zero-order chi connectivity index (χ0) is 11.4. The van der Waals surface area contributed by atoms with Crippen LogP contribution in [0, 0.1) is 6.92 Å². The Kier molecular flexibility index (Phi) is 4.57. The summed E-state index contributed by atoms with van der Waals surface area (Å²) < 4.78 is 1.68. The first-order valence-electron chi connectivity index (χ1n) is 5.11. The molecule has 0 bridgehead atoms. The molecule has 0 atom stereocenters. The van der Waals surface area contributed by atoms with Crippen LogP contribution in [0.25, 0.3) is 0 Å². The van der Waals surface area contributed by atoms with Gasteiger partial charge in [-0.3, -0.25) is 9.58 Å². The van der Waals surface area contributed by atoms with Gasteiger partial charge in [0.1, 0.15) is 5.15 Å². The molecule has 0 aromatic carbocycles. The highest BCUT2D eigenvalue weighted by molar-refractivity contribution is 6.30. The summed E-state index contributed by atoms with van der Waals surface area (Å²) in [6.07, 6.45) is 0. The van der Waals surface area contributed by atoms with Crippen LogP contribution in [0.2, 0.25) is 5.15 Å². The third-order valence-corrected chi connectivity index (χ3v) is 2.99. The van der Waals surface area contributed by atoms with Crippen molar-refractivity contribution in [2.45, 2.75) is 20.4 Å². The van der Waals surface area contributed by atoms with Gasteiger partial charge >= 0.3 is 0 Å². The van der Waals surface area contributed by atoms with Crippen molar-refractivity contribution < 1.29 is 5.11 Å². The molecule has 0 amide bonds. The second kappa shape index (κ2) is 5.49. The van der Waals surface area contributed by atoms with E-state index in [9.17, 15) is 0 Å². The minimum atomic E-state index is 0.171. The first kappa shape index (κ1) is 12.5. The monoisotopic (exact) mass is 231 g/mol. The van der Waals surface area contributed by atoms with E-state index >= 15 is 0 Å². The summed E-state index contributed by atoms with van der Waals surface area (Å²) in [4.78, 5) is 2.13. The SMILES string of the molecule is CCN(CCO)Cc1c(C)nn(C)c1Cl. The van der Waals surface area contributed by atoms with Gasteiger partial charge in [0, 0.05) is 25.7 Å². The summed E-state index contributed by atoms with van der Waals surface area (Å²) in [6.45, 7) is 6.50. The van der Waals surface area contributed by atoms with Crippen LogP contribution in [0.1, 0.15) is 18.2 Å². The summed E-state index contributed by atoms with van der Waals surface area (Å²) in [5, 5.41) is 13.8. The number of aryl methyl sites for hydroxylation is 2. The molecule has 0 spiro atoms. The van der Waals surface area contributed by atoms with E-state index in [2.05, 4.69) is 16.9 Å². The predicted molar refractivity (Wildman–Crippen MR) is 61.0 cm³/mol. The largest absolute Gasteiger partial charge is 0.395 e. The van der Waals surface area contributed by atoms with E-state index < -0.39 is 0 Å². The zero-order valence-corrected chi connectivity index (χ0v) is 10.3. The van der Waals surface area contributed by atoms with Gasteiger partial charge in [-0.1, -0.05) is 18.5 Å². The van der Waals surface area contributed by atoms with Crippen LogP contribution in [0.15, 0.2) is 0 Å². The summed E-state index contributed by atoms with van der Waals surface area (Å²) in [5.74, 6) is 0. The minimum Gasteiger partial charge on any atom is -0.395 e. The van der Waals surface area contributed by atoms with Crippen molar-refractivity contribution in [3.05, 3.63) is 16.4 Å². The molecular weight excluding hydrogens is 214 g/mol. The highest BCUT2D eigenvalue weighted by Crippen LogP contribution is 2.20. The summed E-state index contributed by atoms with van der Waals surface area (Å²) in [5.41, 5.74) is 2.01. The molecule has 0 saturated carbocycles. The number of aliphatic hydroxyl groups is 1. The third kappa shape index (κ3) is 2.93. The lowest BCUT2D eigenvalue weighted by Gasteiger charge is -2.18. The molecule has 4 nitrogen and oxygen atoms in total. The zero-order valence-electron chi connectivity index (χ0n) is 9.50. The van der Waals surface area contributed by atoms with Crippen molar-refractivity contribution in [3.63, 3.8) is 0 Å². The Hall–Kier alpha value is -0.580. The van der Waals surface area contributed by atoms with Crippen LogP contribution in [-0.2, 0) is 13.6 Å². The third-order valence-electron chi connectivity index (χ3n) is 2.52. The van der Waals surface area contributed by atoms with Gasteiger partial charge < -0.3 is 5.11 Å². The Bertz CT molecular complexity index is 325. The fourth-order valence-corrected chi connectivity index (χ4v) is 1.80. The number of aliphatic hydroxyl groups excluding tert-OH is 1. The quantitative estimate of drug-likeness (QED) is 0.828. The van der Waals surface area contributed by atoms with E-state index in [0.29, 0.717) is 11.7 Å². The Morgan fingerprint density at radius 2 is 2.20 bits per heavy atom. The van der Waals surface area contributed by atoms with Crippen LogP contribution in [0.4, 0.5) is 0 Å². The number of hydrogen-bond acceptors (Lipinski definition) is 3. The highest BCUT2D eigenvalue weighted by Gasteiger charge is 2.13. The van der Waals surface area contributed by atoms with Crippen molar-refractivity contribution in [2.75, 3.05) is 19.7 Å². The van der Waals surface area contributed by atoms with Crippen molar-refractivity contribution in [1.29, 1.82) is 0 Å². The van der Waals surface area contributed by atoms with Crippen LogP contribution in [-0.4, -0.2) is 39.5 Å². The molecule has 15 heavy (non-hydrogen) atoms. The first-order chi connectivity index (χ1) is 7.10. The molecule has 0 aliphatic heterocycles. The van der Waals surface area contributed by atoms with Gasteiger partial charge in [-0.25, -0.2) is 0 Å². The normalized spacial score (nSPS) is 11.3. The lowest BCUT2D eigenvalue weighted by atomic mass is 10.2. The van der Waals surface area contributed by atoms with Gasteiger partial charge in [-0.15, -0.1) is 0 Å². The fraction of sp³-hybridized carbons (Fsp3) is 0.700. The van der Waals surface area contributed by atoms with Crippen LogP contribution in [0.3, 0.4) is 0 Å². The van der Waals surface area contributed by atoms with Gasteiger partial charge in [0.2, 0.25) is 0 Å². The van der Waals surface area contributed by atoms with E-state index in [1.165, 1.54) is 0 Å². The molecule has 5 heteroatoms. The number of nitrogens with zero attached hydrogens (tertiary/aromatic N) is 3. The molecule has 1 rings (SSSR count). The standard InChI is InChI=1S/C10H18ClN3O/c1-4-14(5-6-15)7-9-8(2)12-13(3)10(9)11/h15H,4-7H2,1-3H3. The van der Waals surface area contributed by atoms with Gasteiger partial charge in [0.25, 0.3) is 0 Å². The van der Waals surface area contributed by atoms with Gasteiger partial charge in [0.05, 0.1) is 12.3 Å². The predicted octanol–water partition coefficient (Wildman–Crippen LogP) is 1.20. The number of rotatable bonds is 5. The van der Waals surface area contributed by atoms with Crippen molar-refractivity contribution in [1.82, 2.24) is 14.7 Å². The Morgan fingerprint density at radius 1 is 1.53 bits per heavy atom. The van der Waals surface area contributed by atoms with E-state index in [4.69, 9.17) is 16.7 Å². The number of hydrogen-bond donors (Lipinski definition) is 1. The first-order valence-corrected chi connectivity index (χ1v) is 5.49. The maximum absolute atomic E-state index is 8.89. The summed E-state index contributed by atoms with van der Waals surface area (Å²) in [7, 11) is 1.83. The maximum atomic E-state index is 8.89. The van der Waals surface area contributed by atoms with Gasteiger partial charge in [-0.05, 0) is 13.5 Å². The molecule has 1 aromatic heterocycles. The molecule has 1 aromatic rings. The molecule has 0 aliphatic carbocycles. The highest BCUT2D eigenvalue weighted by atomic mass is 35.5. The molecule has 1 N–H and O–H groups in total. The Morgan fingerprint density at radius 3 is 2.60 bits per heavy atom. The molecule has 0 aliphatic rings. The van der Waals surface area contributed by atoms with Crippen LogP contribution in [0.5, 0.6) is 0 Å². The molecular formula is C10H18ClN3O. The molecule has 1 heterocycles. The second-order valence-corrected chi connectivity index (χ2v) is 3.93. The Balaban J connectivity index is 2.78. The average Bonchev–Trinajstić information content (AvgIpc) is 2.44. The lowest BCUT2D eigenvalue weighted by Crippen LogP contribution is -2.26. The molecule has 86 valence electrons. The van der Waals surface area contributed by atoms with Crippen molar-refractivity contribution >= 4 is 11.6 Å². The maximum Gasteiger partial charge on any atom is 0.131 e. The van der Waals surface area contributed by atoms with Crippen molar-refractivity contribution in [2.24, 2.45) is 7.05 Å². The molecule has 0 fully saturated rings. The Labute approximate surface area is 95.5 Å². The van der Waals surface area contributed by atoms with Crippen LogP contribution < -0.4 is 0 Å². The fourth-order valence-electron chi connectivity index (χ4n) is 1.57. The van der Waals surface area contributed by atoms with E-state index in [0.717, 1.165) is 24.3 Å². The lowest BCUT2D eigenvalue weighted by molar-refractivity contribution is 0.196. The van der Waals surface area contributed by atoms with Crippen molar-refractivity contribution in [3.8, 4) is 0 Å². The van der Waals surface area contributed by atoms with Gasteiger partial charge in [-0.2, -0.15) is 5.10 Å². The summed E-state index contributed by atoms with van der Waals surface area (Å²) in [6, 6.07) is 0. The number of likely N-dealkylation sites (N-methyl/N-ethyl adjacent to an activating group) is 1. The smallest absolute Gasteiger partial charge is 0.131 e. The van der Waals surface area contributed by atoms with Crippen LogP contribution >= 0.6 is 11.6 Å². The summed E-state index contributed by atoms with van der Waals surface area (Å²) >= 11 is 6.13. The van der Waals surface area contributed by atoms with E-state index in [-0.39, 0.29) is 6.61 Å². The molecule has 0 radical (unpaired) electrons. The van der Waals surface area contributed by atoms with Gasteiger partial charge in [0.15, 0.2) is 0 Å². The molecule has 0 unspecified atom stereocenters. The topological polar surface area (TPSA) is 41.3 Å². The average molecular weight is 232 g/mol. The second-order valence-electron chi connectivity index (χ2n) is 3.57. The van der Waals surface area contributed by atoms with E-state index in [1.54, 1.807) is 4.68 Å².